The third-order valence-electron chi connectivity index (χ3n) is 11.6. The number of ether oxygens (including phenoxy) is 5. The Morgan fingerprint density at radius 2 is 1.53 bits per heavy atom. The van der Waals surface area contributed by atoms with Gasteiger partial charge in [0.05, 0.1) is 69.8 Å². The summed E-state index contributed by atoms with van der Waals surface area (Å²) in [5.41, 5.74) is 7.70. The van der Waals surface area contributed by atoms with E-state index in [0.29, 0.717) is 107 Å². The van der Waals surface area contributed by atoms with E-state index in [0.717, 1.165) is 17.4 Å². The molecule has 8 rings (SSSR count). The number of benzene rings is 4. The van der Waals surface area contributed by atoms with Crippen LogP contribution in [0.1, 0.15) is 51.6 Å². The Labute approximate surface area is 381 Å². The summed E-state index contributed by atoms with van der Waals surface area (Å²) in [5.74, 6) is 2.63. The number of phenols is 1. The molecule has 0 unspecified atom stereocenters. The van der Waals surface area contributed by atoms with Gasteiger partial charge >= 0.3 is 5.97 Å². The number of hydrazine groups is 1. The van der Waals surface area contributed by atoms with Gasteiger partial charge in [0, 0.05) is 74.3 Å². The third kappa shape index (κ3) is 9.95. The largest absolute Gasteiger partial charge is 0.507 e. The van der Waals surface area contributed by atoms with Crippen LogP contribution in [0.5, 0.6) is 34.5 Å². The van der Waals surface area contributed by atoms with Gasteiger partial charge in [0.2, 0.25) is 12.5 Å². The minimum atomic E-state index is -1.19. The first-order chi connectivity index (χ1) is 32.0. The lowest BCUT2D eigenvalue weighted by atomic mass is 9.65. The first-order valence-electron chi connectivity index (χ1n) is 21.5. The van der Waals surface area contributed by atoms with Crippen molar-refractivity contribution in [3.8, 4) is 45.8 Å². The van der Waals surface area contributed by atoms with Gasteiger partial charge in [-0.3, -0.25) is 25.5 Å². The van der Waals surface area contributed by atoms with Crippen molar-refractivity contribution in [3.05, 3.63) is 82.4 Å². The molecule has 20 nitrogen and oxygen atoms in total. The molecule has 0 amide bonds. The molecule has 3 aliphatic rings. The van der Waals surface area contributed by atoms with Crippen molar-refractivity contribution < 1.29 is 63.9 Å². The van der Waals surface area contributed by atoms with E-state index in [9.17, 15) is 30.0 Å². The van der Waals surface area contributed by atoms with Gasteiger partial charge in [0.25, 0.3) is 0 Å². The minimum Gasteiger partial charge on any atom is -0.507 e. The molecule has 0 saturated carbocycles. The number of phenolic OH excluding ortho intramolecular Hbond substituents is 1. The van der Waals surface area contributed by atoms with Crippen LogP contribution in [0.3, 0.4) is 0 Å². The van der Waals surface area contributed by atoms with Crippen LogP contribution in [-0.2, 0) is 11.3 Å². The molecule has 0 fully saturated rings. The molecule has 0 radical (unpaired) electrons. The molecular formula is C46H59N7O13. The van der Waals surface area contributed by atoms with E-state index in [1.165, 1.54) is 27.4 Å². The number of aliphatic carboxylic acids is 1. The first-order valence-corrected chi connectivity index (χ1v) is 21.5. The highest BCUT2D eigenvalue weighted by Crippen LogP contribution is 2.54. The number of aliphatic hydroxyl groups is 4. The van der Waals surface area contributed by atoms with Gasteiger partial charge in [-0.25, -0.2) is 0 Å². The number of aromatic nitrogens is 2. The Morgan fingerprint density at radius 1 is 0.879 bits per heavy atom. The van der Waals surface area contributed by atoms with Gasteiger partial charge in [-0.05, 0) is 59.2 Å². The summed E-state index contributed by atoms with van der Waals surface area (Å²) in [5, 5.41) is 74.4. The highest BCUT2D eigenvalue weighted by Gasteiger charge is 2.48. The van der Waals surface area contributed by atoms with Crippen LogP contribution in [0, 0.1) is 11.8 Å². The molecule has 4 atom stereocenters. The smallest absolute Gasteiger partial charge is 0.307 e. The fourth-order valence-corrected chi connectivity index (χ4v) is 8.57. The number of methoxy groups -OCH3 is 3. The van der Waals surface area contributed by atoms with E-state index >= 15 is 0 Å². The van der Waals surface area contributed by atoms with Crippen LogP contribution >= 0.6 is 0 Å². The monoisotopic (exact) mass is 917 g/mol. The number of carboxylic acids is 1. The molecular weight excluding hydrogens is 859 g/mol. The fraction of sp³-hybridized carbons (Fsp3) is 0.413. The van der Waals surface area contributed by atoms with E-state index in [-0.39, 0.29) is 37.1 Å². The van der Waals surface area contributed by atoms with Gasteiger partial charge in [-0.15, -0.1) is 0 Å². The fourth-order valence-electron chi connectivity index (χ4n) is 8.57. The van der Waals surface area contributed by atoms with Crippen LogP contribution in [-0.4, -0.2) is 139 Å². The number of ketones is 1. The van der Waals surface area contributed by atoms with Crippen molar-refractivity contribution in [2.75, 3.05) is 92.5 Å². The summed E-state index contributed by atoms with van der Waals surface area (Å²) >= 11 is 0. The van der Waals surface area contributed by atoms with Crippen molar-refractivity contribution in [2.45, 2.75) is 25.5 Å². The normalized spacial score (nSPS) is 17.4. The van der Waals surface area contributed by atoms with Gasteiger partial charge < -0.3 is 70.3 Å². The number of nitrogens with two attached hydrogens (primary N) is 1. The summed E-state index contributed by atoms with van der Waals surface area (Å²) in [6, 6.07) is 15.6. The number of carbonyl (C=O) groups excluding carboxylic acids is 1. The lowest BCUT2D eigenvalue weighted by Crippen LogP contribution is -2.40. The Bertz CT molecular complexity index is 2450. The predicted octanol–water partition coefficient (Wildman–Crippen LogP) is 1.93. The Morgan fingerprint density at radius 3 is 2.12 bits per heavy atom. The predicted molar refractivity (Wildman–Crippen MR) is 244 cm³/mol. The van der Waals surface area contributed by atoms with E-state index in [1.807, 2.05) is 29.8 Å². The quantitative estimate of drug-likeness (QED) is 0.0334. The van der Waals surface area contributed by atoms with Crippen LogP contribution in [0.2, 0.25) is 0 Å². The van der Waals surface area contributed by atoms with Gasteiger partial charge in [0.15, 0.2) is 28.8 Å². The molecule has 356 valence electrons. The summed E-state index contributed by atoms with van der Waals surface area (Å²) in [6.07, 6.45) is -1.19. The van der Waals surface area contributed by atoms with E-state index in [1.54, 1.807) is 30.3 Å². The van der Waals surface area contributed by atoms with Gasteiger partial charge in [0.1, 0.15) is 11.4 Å². The molecule has 2 aliphatic carbocycles. The molecule has 66 heavy (non-hydrogen) atoms. The lowest BCUT2D eigenvalue weighted by molar-refractivity contribution is -0.148. The second kappa shape index (κ2) is 22.8. The Hall–Kier alpha value is -6.23. The topological polar surface area (TPSA) is 294 Å². The van der Waals surface area contributed by atoms with E-state index in [4.69, 9.17) is 44.8 Å². The second-order valence-electron chi connectivity index (χ2n) is 15.3. The number of fused-ring (bicyclic) bond motifs is 4. The molecule has 5 aromatic rings. The maximum atomic E-state index is 13.5. The number of aromatic hydroxyl groups is 1. The first kappa shape index (κ1) is 49.2. The molecule has 0 spiro atoms. The zero-order valence-corrected chi connectivity index (χ0v) is 37.3. The third-order valence-corrected chi connectivity index (χ3v) is 11.6. The number of hydrogen-bond donors (Lipinski definition) is 11. The average molecular weight is 918 g/mol. The second-order valence-corrected chi connectivity index (χ2v) is 15.3. The molecule has 0 bridgehead atoms. The highest BCUT2D eigenvalue weighted by molar-refractivity contribution is 6.28. The number of rotatable bonds is 18. The standard InChI is InChI=1S/C22H27N5O4.C22H24O9.C2H8N2/c28-12-9-23-6-7-25-15-4-5-16-20-19(15)22(31)18-14(2-1-3-17(18)30)21(20)26-27(16)11-8-24-10-13-29;1-27-16-4-10(5-17(28-2)21(16)29-3)18-11-6-14-15(31-9-30-14)7-12(11)20(24)13(8-23)19(18)22(25)26;1-2-4-3/h1-5,23-25,28-30H,6-13H2;4-7,13,18-20,23-24H,8-9H2,1-3H3,(H,25,26);4H,2-3H2,1H3/t;13-,18+,19-,20-;/m.0./s1. The van der Waals surface area contributed by atoms with Crippen LogP contribution in [0.4, 0.5) is 5.69 Å². The molecule has 0 saturated heterocycles. The zero-order chi connectivity index (χ0) is 47.5. The summed E-state index contributed by atoms with van der Waals surface area (Å²) in [6.45, 7) is 5.89. The van der Waals surface area contributed by atoms with Crippen molar-refractivity contribution in [1.29, 1.82) is 0 Å². The lowest BCUT2D eigenvalue weighted by Gasteiger charge is -2.40. The number of hydrogen-bond acceptors (Lipinski definition) is 18. The van der Waals surface area contributed by atoms with Crippen LogP contribution in [0.25, 0.3) is 22.2 Å². The van der Waals surface area contributed by atoms with Crippen molar-refractivity contribution >= 4 is 28.3 Å². The Kier molecular flexibility index (Phi) is 17.0. The number of carboxylic acid groups (broad SMARTS) is 1. The molecule has 2 heterocycles. The van der Waals surface area contributed by atoms with Crippen molar-refractivity contribution in [2.24, 2.45) is 17.7 Å². The molecule has 20 heteroatoms. The zero-order valence-electron chi connectivity index (χ0n) is 37.3. The van der Waals surface area contributed by atoms with E-state index < -0.39 is 36.4 Å². The number of anilines is 1. The molecule has 4 aromatic carbocycles. The number of carbonyl (C=O) groups is 2. The van der Waals surface area contributed by atoms with E-state index in [2.05, 4.69) is 21.4 Å². The number of aliphatic hydroxyl groups excluding tert-OH is 4. The van der Waals surface area contributed by atoms with Gasteiger partial charge in [-0.1, -0.05) is 19.1 Å². The summed E-state index contributed by atoms with van der Waals surface area (Å²) in [7, 11) is 4.43. The molecule has 1 aromatic heterocycles. The maximum absolute atomic E-state index is 13.5. The molecule has 1 aliphatic heterocycles. The van der Waals surface area contributed by atoms with Gasteiger partial charge in [-0.2, -0.15) is 5.10 Å². The summed E-state index contributed by atoms with van der Waals surface area (Å²) < 4.78 is 29.1. The number of nitrogens with zero attached hydrogens (tertiary/aromatic N) is 2. The molecule has 12 N–H and O–H groups in total. The van der Waals surface area contributed by atoms with Crippen LogP contribution in [0.15, 0.2) is 54.6 Å². The van der Waals surface area contributed by atoms with Crippen molar-refractivity contribution in [3.63, 3.8) is 0 Å². The summed E-state index contributed by atoms with van der Waals surface area (Å²) in [4.78, 5) is 25.8. The van der Waals surface area contributed by atoms with Crippen molar-refractivity contribution in [1.82, 2.24) is 25.8 Å². The highest BCUT2D eigenvalue weighted by atomic mass is 16.7. The number of nitrogens with one attached hydrogen (secondary N) is 4. The average Bonchev–Trinajstić information content (AvgIpc) is 3.95. The minimum absolute atomic E-state index is 0.0367. The maximum Gasteiger partial charge on any atom is 0.307 e. The van der Waals surface area contributed by atoms with Crippen LogP contribution < -0.4 is 50.9 Å². The SMILES string of the molecule is CCNN.COc1cc([C@@H]2c3cc4c(cc3[C@H](O)[C@@H](CO)[C@@H]2C(=O)O)OCO4)cc(OC)c1OC.O=C1c2c(O)cccc2-c2nn(CCNCCO)c3ccc(NCCNCCO)c1c23. The Balaban J connectivity index is 0.000000202.